The Kier molecular flexibility index (Phi) is 5.76. The summed E-state index contributed by atoms with van der Waals surface area (Å²) in [6, 6.07) is 6.94. The van der Waals surface area contributed by atoms with E-state index in [2.05, 4.69) is 0 Å². The monoisotopic (exact) mass is 280 g/mol. The number of nitrogens with two attached hydrogens (primary N) is 1. The fourth-order valence-corrected chi connectivity index (χ4v) is 1.92. The van der Waals surface area contributed by atoms with Gasteiger partial charge in [-0.05, 0) is 19.9 Å². The van der Waals surface area contributed by atoms with Crippen molar-refractivity contribution < 1.29 is 9.90 Å². The number of benzene rings is 1. The number of carbonyl (C=O) groups excluding carboxylic acids is 1. The van der Waals surface area contributed by atoms with Crippen molar-refractivity contribution in [1.82, 2.24) is 4.90 Å². The second-order valence-corrected chi connectivity index (χ2v) is 5.23. The normalized spacial score (nSPS) is 10.5. The van der Waals surface area contributed by atoms with Crippen LogP contribution in [0.5, 0.6) is 5.75 Å². The highest BCUT2D eigenvalue weighted by molar-refractivity contribution is 7.80. The molecule has 19 heavy (non-hydrogen) atoms. The molecular formula is C14H20N2O2S. The van der Waals surface area contributed by atoms with E-state index in [0.717, 1.165) is 0 Å². The molecule has 1 amide bonds. The summed E-state index contributed by atoms with van der Waals surface area (Å²) in [5.74, 6) is 0.113. The zero-order valence-electron chi connectivity index (χ0n) is 11.3. The van der Waals surface area contributed by atoms with Crippen LogP contribution in [0.15, 0.2) is 24.3 Å². The second-order valence-electron chi connectivity index (χ2n) is 4.70. The molecular weight excluding hydrogens is 260 g/mol. The molecule has 1 rings (SSSR count). The molecule has 0 unspecified atom stereocenters. The van der Waals surface area contributed by atoms with Gasteiger partial charge in [-0.3, -0.25) is 4.79 Å². The van der Waals surface area contributed by atoms with Crippen molar-refractivity contribution >= 4 is 23.1 Å². The molecule has 0 aliphatic carbocycles. The summed E-state index contributed by atoms with van der Waals surface area (Å²) in [6.45, 7) is 4.41. The minimum absolute atomic E-state index is 0.0345. The van der Waals surface area contributed by atoms with Crippen LogP contribution in [0, 0.1) is 0 Å². The summed E-state index contributed by atoms with van der Waals surface area (Å²) in [4.78, 5) is 14.4. The quantitative estimate of drug-likeness (QED) is 0.780. The van der Waals surface area contributed by atoms with E-state index in [1.54, 1.807) is 29.2 Å². The maximum Gasteiger partial charge on any atom is 0.227 e. The molecule has 0 aliphatic rings. The molecule has 3 N–H and O–H groups in total. The highest BCUT2D eigenvalue weighted by Gasteiger charge is 2.18. The van der Waals surface area contributed by atoms with E-state index in [1.165, 1.54) is 0 Å². The standard InChI is InChI=1S/C14H20N2O2S/c1-10(2)16(8-7-13(15)19)14(18)9-11-5-3-4-6-12(11)17/h3-6,10,17H,7-9H2,1-2H3,(H2,15,19). The van der Waals surface area contributed by atoms with E-state index in [9.17, 15) is 9.90 Å². The van der Waals surface area contributed by atoms with Gasteiger partial charge in [0.05, 0.1) is 11.4 Å². The average molecular weight is 280 g/mol. The summed E-state index contributed by atoms with van der Waals surface area (Å²) in [5, 5.41) is 9.69. The number of thiocarbonyl (C=S) groups is 1. The lowest BCUT2D eigenvalue weighted by molar-refractivity contribution is -0.132. The number of rotatable bonds is 6. The van der Waals surface area contributed by atoms with Gasteiger partial charge in [-0.2, -0.15) is 0 Å². The first-order valence-corrected chi connectivity index (χ1v) is 6.67. The van der Waals surface area contributed by atoms with Crippen LogP contribution >= 0.6 is 12.2 Å². The molecule has 0 aromatic heterocycles. The third-order valence-corrected chi connectivity index (χ3v) is 3.08. The van der Waals surface area contributed by atoms with Crippen LogP contribution in [0.4, 0.5) is 0 Å². The van der Waals surface area contributed by atoms with Crippen LogP contribution in [0.2, 0.25) is 0 Å². The minimum atomic E-state index is -0.0345. The van der Waals surface area contributed by atoms with Gasteiger partial charge < -0.3 is 15.7 Å². The van der Waals surface area contributed by atoms with E-state index >= 15 is 0 Å². The zero-order chi connectivity index (χ0) is 14.4. The Morgan fingerprint density at radius 1 is 1.42 bits per heavy atom. The highest BCUT2D eigenvalue weighted by atomic mass is 32.1. The first-order chi connectivity index (χ1) is 8.91. The van der Waals surface area contributed by atoms with Crippen molar-refractivity contribution in [2.75, 3.05) is 6.54 Å². The number of hydrogen-bond acceptors (Lipinski definition) is 3. The molecule has 0 radical (unpaired) electrons. The van der Waals surface area contributed by atoms with Crippen LogP contribution in [-0.2, 0) is 11.2 Å². The zero-order valence-corrected chi connectivity index (χ0v) is 12.1. The molecule has 4 nitrogen and oxygen atoms in total. The van der Waals surface area contributed by atoms with Crippen LogP contribution < -0.4 is 5.73 Å². The van der Waals surface area contributed by atoms with Gasteiger partial charge in [-0.15, -0.1) is 0 Å². The smallest absolute Gasteiger partial charge is 0.227 e. The van der Waals surface area contributed by atoms with Gasteiger partial charge in [-0.25, -0.2) is 0 Å². The lowest BCUT2D eigenvalue weighted by Gasteiger charge is -2.26. The van der Waals surface area contributed by atoms with Gasteiger partial charge in [0.1, 0.15) is 5.75 Å². The van der Waals surface area contributed by atoms with Gasteiger partial charge in [-0.1, -0.05) is 30.4 Å². The summed E-state index contributed by atoms with van der Waals surface area (Å²) >= 11 is 4.84. The summed E-state index contributed by atoms with van der Waals surface area (Å²) < 4.78 is 0. The molecule has 104 valence electrons. The second kappa shape index (κ2) is 7.09. The van der Waals surface area contributed by atoms with Crippen molar-refractivity contribution in [2.45, 2.75) is 32.7 Å². The molecule has 0 saturated heterocycles. The fraction of sp³-hybridized carbons (Fsp3) is 0.429. The van der Waals surface area contributed by atoms with Crippen LogP contribution in [0.3, 0.4) is 0 Å². The Hall–Kier alpha value is -1.62. The third-order valence-electron chi connectivity index (χ3n) is 2.88. The number of phenols is 1. The van der Waals surface area contributed by atoms with Crippen LogP contribution in [0.25, 0.3) is 0 Å². The molecule has 5 heteroatoms. The van der Waals surface area contributed by atoms with Gasteiger partial charge in [0, 0.05) is 24.6 Å². The molecule has 0 saturated carbocycles. The van der Waals surface area contributed by atoms with E-state index in [1.807, 2.05) is 13.8 Å². The Labute approximate surface area is 119 Å². The number of nitrogens with zero attached hydrogens (tertiary/aromatic N) is 1. The molecule has 1 aromatic rings. The minimum Gasteiger partial charge on any atom is -0.508 e. The largest absolute Gasteiger partial charge is 0.508 e. The van der Waals surface area contributed by atoms with E-state index < -0.39 is 0 Å². The fourth-order valence-electron chi connectivity index (χ4n) is 1.83. The summed E-state index contributed by atoms with van der Waals surface area (Å²) in [5.41, 5.74) is 6.10. The van der Waals surface area contributed by atoms with E-state index in [0.29, 0.717) is 23.5 Å². The topological polar surface area (TPSA) is 66.6 Å². The van der Waals surface area contributed by atoms with E-state index in [-0.39, 0.29) is 24.1 Å². The molecule has 1 aromatic carbocycles. The van der Waals surface area contributed by atoms with Gasteiger partial charge in [0.2, 0.25) is 5.91 Å². The Morgan fingerprint density at radius 3 is 2.58 bits per heavy atom. The number of carbonyl (C=O) groups is 1. The lowest BCUT2D eigenvalue weighted by atomic mass is 10.1. The Morgan fingerprint density at radius 2 is 2.05 bits per heavy atom. The van der Waals surface area contributed by atoms with Gasteiger partial charge in [0.15, 0.2) is 0 Å². The first kappa shape index (κ1) is 15.4. The third kappa shape index (κ3) is 4.87. The van der Waals surface area contributed by atoms with Crippen molar-refractivity contribution in [1.29, 1.82) is 0 Å². The maximum absolute atomic E-state index is 12.2. The predicted octanol–water partition coefficient (Wildman–Crippen LogP) is 1.85. The predicted molar refractivity (Wildman–Crippen MR) is 80.1 cm³/mol. The van der Waals surface area contributed by atoms with Crippen molar-refractivity contribution in [3.05, 3.63) is 29.8 Å². The van der Waals surface area contributed by atoms with E-state index in [4.69, 9.17) is 18.0 Å². The van der Waals surface area contributed by atoms with Crippen molar-refractivity contribution in [2.24, 2.45) is 5.73 Å². The number of amides is 1. The number of phenolic OH excluding ortho intramolecular Hbond substituents is 1. The van der Waals surface area contributed by atoms with Gasteiger partial charge >= 0.3 is 0 Å². The SMILES string of the molecule is CC(C)N(CCC(N)=S)C(=O)Cc1ccccc1O. The van der Waals surface area contributed by atoms with Crippen LogP contribution in [0.1, 0.15) is 25.8 Å². The summed E-state index contributed by atoms with van der Waals surface area (Å²) in [7, 11) is 0. The van der Waals surface area contributed by atoms with Crippen molar-refractivity contribution in [3.63, 3.8) is 0 Å². The van der Waals surface area contributed by atoms with Gasteiger partial charge in [0.25, 0.3) is 0 Å². The molecule has 0 spiro atoms. The van der Waals surface area contributed by atoms with Crippen molar-refractivity contribution in [3.8, 4) is 5.75 Å². The van der Waals surface area contributed by atoms with Crippen LogP contribution in [-0.4, -0.2) is 33.5 Å². The lowest BCUT2D eigenvalue weighted by Crippen LogP contribution is -2.39. The molecule has 0 atom stereocenters. The maximum atomic E-state index is 12.2. The Balaban J connectivity index is 2.72. The average Bonchev–Trinajstić information content (AvgIpc) is 2.31. The number of hydrogen-bond donors (Lipinski definition) is 2. The molecule has 0 heterocycles. The summed E-state index contributed by atoms with van der Waals surface area (Å²) in [6.07, 6.45) is 0.697. The molecule has 0 fully saturated rings. The first-order valence-electron chi connectivity index (χ1n) is 6.26. The highest BCUT2D eigenvalue weighted by Crippen LogP contribution is 2.17. The number of para-hydroxylation sites is 1. The molecule has 0 bridgehead atoms. The molecule has 0 aliphatic heterocycles. The number of aromatic hydroxyl groups is 1. The Bertz CT molecular complexity index is 461.